The third-order valence-electron chi connectivity index (χ3n) is 4.86. The second kappa shape index (κ2) is 8.85. The van der Waals surface area contributed by atoms with Gasteiger partial charge in [0.1, 0.15) is 11.6 Å². The summed E-state index contributed by atoms with van der Waals surface area (Å²) in [5.74, 6) is 0.786. The highest BCUT2D eigenvalue weighted by Gasteiger charge is 2.33. The molecular formula is C23H31FO3. The molecule has 0 amide bonds. The number of rotatable bonds is 8. The van der Waals surface area contributed by atoms with Gasteiger partial charge in [-0.25, -0.2) is 4.39 Å². The Morgan fingerprint density at radius 1 is 1.04 bits per heavy atom. The molecule has 1 N–H and O–H groups in total. The van der Waals surface area contributed by atoms with Gasteiger partial charge in [0.25, 0.3) is 0 Å². The number of hydrogen-bond acceptors (Lipinski definition) is 3. The van der Waals surface area contributed by atoms with Gasteiger partial charge in [-0.1, -0.05) is 45.9 Å². The fraction of sp³-hybridized carbons (Fsp3) is 0.478. The molecule has 0 spiro atoms. The van der Waals surface area contributed by atoms with Gasteiger partial charge in [0, 0.05) is 18.1 Å². The molecule has 1 unspecified atom stereocenters. The van der Waals surface area contributed by atoms with Gasteiger partial charge >= 0.3 is 0 Å². The van der Waals surface area contributed by atoms with Crippen LogP contribution in [-0.4, -0.2) is 25.9 Å². The highest BCUT2D eigenvalue weighted by atomic mass is 19.1. The second-order valence-electron chi connectivity index (χ2n) is 8.13. The average molecular weight is 374 g/mol. The maximum atomic E-state index is 14.7. The molecule has 0 bridgehead atoms. The summed E-state index contributed by atoms with van der Waals surface area (Å²) < 4.78 is 25.8. The van der Waals surface area contributed by atoms with E-state index in [1.165, 1.54) is 11.6 Å². The number of aliphatic hydroxyl groups is 1. The summed E-state index contributed by atoms with van der Waals surface area (Å²) in [6, 6.07) is 10.8. The van der Waals surface area contributed by atoms with E-state index in [0.717, 1.165) is 17.5 Å². The molecule has 2 rings (SSSR count). The zero-order valence-corrected chi connectivity index (χ0v) is 17.2. The van der Waals surface area contributed by atoms with Crippen LogP contribution in [0.5, 0.6) is 5.75 Å². The van der Waals surface area contributed by atoms with Gasteiger partial charge in [0.15, 0.2) is 0 Å². The lowest BCUT2D eigenvalue weighted by atomic mass is 9.79. The van der Waals surface area contributed by atoms with Crippen LogP contribution in [0.2, 0.25) is 0 Å². The number of ether oxygens (including phenoxy) is 2. The minimum Gasteiger partial charge on any atom is -0.497 e. The molecule has 148 valence electrons. The molecule has 1 atom stereocenters. The fourth-order valence-electron chi connectivity index (χ4n) is 3.46. The molecule has 2 aromatic rings. The third kappa shape index (κ3) is 4.88. The van der Waals surface area contributed by atoms with Gasteiger partial charge in [-0.3, -0.25) is 0 Å². The van der Waals surface area contributed by atoms with E-state index in [-0.39, 0.29) is 18.5 Å². The Balaban J connectivity index is 2.70. The van der Waals surface area contributed by atoms with Crippen LogP contribution in [0.3, 0.4) is 0 Å². The highest BCUT2D eigenvalue weighted by molar-refractivity contribution is 5.70. The van der Waals surface area contributed by atoms with Crippen molar-refractivity contribution < 1.29 is 19.0 Å². The smallest absolute Gasteiger partial charge is 0.131 e. The first-order valence-electron chi connectivity index (χ1n) is 9.34. The summed E-state index contributed by atoms with van der Waals surface area (Å²) >= 11 is 0. The van der Waals surface area contributed by atoms with Crippen molar-refractivity contribution in [3.05, 3.63) is 53.3 Å². The Kier molecular flexibility index (Phi) is 7.01. The molecular weight excluding hydrogens is 343 g/mol. The van der Waals surface area contributed by atoms with Gasteiger partial charge in [-0.15, -0.1) is 0 Å². The molecule has 3 nitrogen and oxygen atoms in total. The largest absolute Gasteiger partial charge is 0.497 e. The maximum Gasteiger partial charge on any atom is 0.131 e. The van der Waals surface area contributed by atoms with Crippen molar-refractivity contribution >= 4 is 0 Å². The Morgan fingerprint density at radius 3 is 2.30 bits per heavy atom. The normalized spacial score (nSPS) is 13.1. The number of aliphatic hydroxyl groups excluding tert-OH is 1. The average Bonchev–Trinajstić information content (AvgIpc) is 2.62. The van der Waals surface area contributed by atoms with Crippen molar-refractivity contribution in [1.82, 2.24) is 0 Å². The van der Waals surface area contributed by atoms with E-state index in [4.69, 9.17) is 9.47 Å². The Labute approximate surface area is 162 Å². The molecule has 0 radical (unpaired) electrons. The number of halogens is 1. The van der Waals surface area contributed by atoms with Crippen LogP contribution < -0.4 is 4.74 Å². The Bertz CT molecular complexity index is 768. The van der Waals surface area contributed by atoms with E-state index in [1.54, 1.807) is 26.4 Å². The van der Waals surface area contributed by atoms with Gasteiger partial charge in [0.2, 0.25) is 0 Å². The molecule has 0 aliphatic heterocycles. The Hall–Kier alpha value is -1.91. The van der Waals surface area contributed by atoms with Crippen molar-refractivity contribution in [1.29, 1.82) is 0 Å². The number of benzene rings is 2. The summed E-state index contributed by atoms with van der Waals surface area (Å²) in [6.45, 7) is 8.19. The standard InChI is InChI=1S/C23H31FO3/c1-15(2)11-16-7-9-18(19-13-17(26-5)8-10-21(19)24)20(12-16)22(27-6)23(3,4)14-25/h7-10,12-13,15,22,25H,11,14H2,1-6H3. The first kappa shape index (κ1) is 21.4. The van der Waals surface area contributed by atoms with Crippen molar-refractivity contribution in [2.24, 2.45) is 11.3 Å². The van der Waals surface area contributed by atoms with E-state index >= 15 is 0 Å². The maximum absolute atomic E-state index is 14.7. The van der Waals surface area contributed by atoms with Gasteiger partial charge in [-0.05, 0) is 47.2 Å². The number of methoxy groups -OCH3 is 2. The predicted molar refractivity (Wildman–Crippen MR) is 108 cm³/mol. The first-order chi connectivity index (χ1) is 12.7. The van der Waals surface area contributed by atoms with Gasteiger partial charge in [0.05, 0.1) is 19.8 Å². The molecule has 0 saturated heterocycles. The second-order valence-corrected chi connectivity index (χ2v) is 8.13. The summed E-state index contributed by atoms with van der Waals surface area (Å²) in [7, 11) is 3.19. The van der Waals surface area contributed by atoms with Crippen LogP contribution in [0.4, 0.5) is 4.39 Å². The minimum absolute atomic E-state index is 0.0417. The summed E-state index contributed by atoms with van der Waals surface area (Å²) in [6.07, 6.45) is 0.541. The van der Waals surface area contributed by atoms with Crippen LogP contribution in [0.25, 0.3) is 11.1 Å². The topological polar surface area (TPSA) is 38.7 Å². The molecule has 2 aromatic carbocycles. The van der Waals surface area contributed by atoms with Gasteiger partial charge in [-0.2, -0.15) is 0 Å². The molecule has 0 heterocycles. The SMILES string of the molecule is COc1ccc(F)c(-c2ccc(CC(C)C)cc2C(OC)C(C)(C)CO)c1. The van der Waals surface area contributed by atoms with E-state index in [1.807, 2.05) is 26.0 Å². The van der Waals surface area contributed by atoms with Crippen LogP contribution in [0.15, 0.2) is 36.4 Å². The summed E-state index contributed by atoms with van der Waals surface area (Å²) in [5.41, 5.74) is 2.75. The molecule has 4 heteroatoms. The van der Waals surface area contributed by atoms with Crippen molar-refractivity contribution in [3.63, 3.8) is 0 Å². The molecule has 27 heavy (non-hydrogen) atoms. The summed E-state index contributed by atoms with van der Waals surface area (Å²) in [4.78, 5) is 0. The zero-order chi connectivity index (χ0) is 20.2. The molecule has 0 aliphatic carbocycles. The lowest BCUT2D eigenvalue weighted by Crippen LogP contribution is -2.28. The molecule has 0 fully saturated rings. The van der Waals surface area contributed by atoms with Gasteiger partial charge < -0.3 is 14.6 Å². The Morgan fingerprint density at radius 2 is 1.74 bits per heavy atom. The molecule has 0 aromatic heterocycles. The fourth-order valence-corrected chi connectivity index (χ4v) is 3.46. The lowest BCUT2D eigenvalue weighted by Gasteiger charge is -2.33. The van der Waals surface area contributed by atoms with Crippen LogP contribution in [0.1, 0.15) is 44.9 Å². The van der Waals surface area contributed by atoms with E-state index in [0.29, 0.717) is 17.2 Å². The van der Waals surface area contributed by atoms with Crippen LogP contribution in [0, 0.1) is 17.2 Å². The van der Waals surface area contributed by atoms with E-state index < -0.39 is 5.41 Å². The number of hydrogen-bond donors (Lipinski definition) is 1. The lowest BCUT2D eigenvalue weighted by molar-refractivity contribution is -0.0252. The van der Waals surface area contributed by atoms with Crippen LogP contribution in [-0.2, 0) is 11.2 Å². The first-order valence-corrected chi connectivity index (χ1v) is 9.34. The van der Waals surface area contributed by atoms with Crippen molar-refractivity contribution in [2.45, 2.75) is 40.2 Å². The third-order valence-corrected chi connectivity index (χ3v) is 4.86. The zero-order valence-electron chi connectivity index (χ0n) is 17.2. The van der Waals surface area contributed by atoms with E-state index in [2.05, 4.69) is 19.9 Å². The predicted octanol–water partition coefficient (Wildman–Crippen LogP) is 5.41. The monoisotopic (exact) mass is 374 g/mol. The highest BCUT2D eigenvalue weighted by Crippen LogP contribution is 2.42. The molecule has 0 aliphatic rings. The van der Waals surface area contributed by atoms with Crippen molar-refractivity contribution in [3.8, 4) is 16.9 Å². The van der Waals surface area contributed by atoms with E-state index in [9.17, 15) is 9.50 Å². The van der Waals surface area contributed by atoms with Crippen molar-refractivity contribution in [2.75, 3.05) is 20.8 Å². The van der Waals surface area contributed by atoms with Crippen LogP contribution >= 0.6 is 0 Å². The molecule has 0 saturated carbocycles. The minimum atomic E-state index is -0.519. The summed E-state index contributed by atoms with van der Waals surface area (Å²) in [5, 5.41) is 9.90. The quantitative estimate of drug-likeness (QED) is 0.672.